The number of hydrogen-bond acceptors (Lipinski definition) is 3. The Bertz CT molecular complexity index is 969. The Balaban J connectivity index is 1.59. The summed E-state index contributed by atoms with van der Waals surface area (Å²) in [7, 11) is 0. The first kappa shape index (κ1) is 18.2. The molecular weight excluding hydrogens is 348 g/mol. The van der Waals surface area contributed by atoms with Crippen LogP contribution in [-0.2, 0) is 6.42 Å². The van der Waals surface area contributed by atoms with Gasteiger partial charge in [0.25, 0.3) is 5.91 Å². The van der Waals surface area contributed by atoms with Crippen molar-refractivity contribution in [1.82, 2.24) is 9.88 Å². The van der Waals surface area contributed by atoms with Crippen LogP contribution in [0.4, 0.5) is 0 Å². The minimum absolute atomic E-state index is 0.108. The van der Waals surface area contributed by atoms with Gasteiger partial charge in [-0.15, -0.1) is 0 Å². The molecule has 2 aromatic carbocycles. The average molecular weight is 372 g/mol. The Morgan fingerprint density at radius 2 is 1.89 bits per heavy atom. The van der Waals surface area contributed by atoms with Crippen LogP contribution in [0.3, 0.4) is 0 Å². The van der Waals surface area contributed by atoms with E-state index in [1.165, 1.54) is 0 Å². The summed E-state index contributed by atoms with van der Waals surface area (Å²) in [5, 5.41) is 0. The summed E-state index contributed by atoms with van der Waals surface area (Å²) in [6.07, 6.45) is 6.48. The highest BCUT2D eigenvalue weighted by atomic mass is 16.5. The van der Waals surface area contributed by atoms with Gasteiger partial charge in [-0.1, -0.05) is 49.7 Å². The fourth-order valence-electron chi connectivity index (χ4n) is 3.59. The highest BCUT2D eigenvalue weighted by molar-refractivity contribution is 5.97. The van der Waals surface area contributed by atoms with E-state index < -0.39 is 0 Å². The zero-order valence-electron chi connectivity index (χ0n) is 16.1. The fraction of sp³-hybridized carbons (Fsp3) is 0.250. The summed E-state index contributed by atoms with van der Waals surface area (Å²) in [4.78, 5) is 19.1. The Labute approximate surface area is 165 Å². The number of nitrogens with zero attached hydrogens (tertiary/aromatic N) is 2. The number of amides is 1. The second kappa shape index (κ2) is 8.26. The van der Waals surface area contributed by atoms with Gasteiger partial charge in [0.1, 0.15) is 11.5 Å². The number of rotatable bonds is 6. The molecule has 1 aliphatic rings. The molecule has 1 aliphatic heterocycles. The van der Waals surface area contributed by atoms with E-state index in [1.54, 1.807) is 6.20 Å². The van der Waals surface area contributed by atoms with Crippen molar-refractivity contribution in [2.45, 2.75) is 26.2 Å². The summed E-state index contributed by atoms with van der Waals surface area (Å²) in [5.41, 5.74) is 3.85. The van der Waals surface area contributed by atoms with Gasteiger partial charge in [-0.25, -0.2) is 0 Å². The van der Waals surface area contributed by atoms with Crippen LogP contribution in [-0.4, -0.2) is 28.9 Å². The number of fused-ring (bicyclic) bond motifs is 1. The third kappa shape index (κ3) is 3.77. The van der Waals surface area contributed by atoms with Crippen LogP contribution in [0.1, 0.15) is 35.7 Å². The van der Waals surface area contributed by atoms with Crippen molar-refractivity contribution in [3.05, 3.63) is 78.1 Å². The van der Waals surface area contributed by atoms with Gasteiger partial charge in [0.2, 0.25) is 0 Å². The van der Waals surface area contributed by atoms with Crippen LogP contribution in [0.15, 0.2) is 67.0 Å². The maximum atomic E-state index is 12.8. The molecule has 3 aromatic rings. The summed E-state index contributed by atoms with van der Waals surface area (Å²) < 4.78 is 6.17. The maximum Gasteiger partial charge on any atom is 0.254 e. The molecule has 1 amide bonds. The maximum absolute atomic E-state index is 12.8. The van der Waals surface area contributed by atoms with Crippen molar-refractivity contribution in [2.75, 3.05) is 13.1 Å². The molecule has 0 radical (unpaired) electrons. The quantitative estimate of drug-likeness (QED) is 0.586. The van der Waals surface area contributed by atoms with Crippen molar-refractivity contribution in [3.63, 3.8) is 0 Å². The Morgan fingerprint density at radius 1 is 1.04 bits per heavy atom. The number of carbonyl (C=O) groups is 1. The summed E-state index contributed by atoms with van der Waals surface area (Å²) in [6.45, 7) is 3.71. The van der Waals surface area contributed by atoms with Crippen LogP contribution in [0, 0.1) is 0 Å². The standard InChI is InChI=1S/C24H24N2O2/c1-2-3-13-26-14-12-21-22(24(26)27)10-7-11-23(21)28-20-15-19(16-25-17-20)18-8-5-4-6-9-18/h4-11,15-17H,2-3,12-14H2,1H3. The Kier molecular flexibility index (Phi) is 5.38. The molecule has 28 heavy (non-hydrogen) atoms. The smallest absolute Gasteiger partial charge is 0.254 e. The molecule has 0 N–H and O–H groups in total. The zero-order chi connectivity index (χ0) is 19.3. The third-order valence-corrected chi connectivity index (χ3v) is 5.11. The van der Waals surface area contributed by atoms with Gasteiger partial charge >= 0.3 is 0 Å². The van der Waals surface area contributed by atoms with Crippen LogP contribution in [0.25, 0.3) is 11.1 Å². The van der Waals surface area contributed by atoms with E-state index in [0.29, 0.717) is 5.75 Å². The topological polar surface area (TPSA) is 42.4 Å². The zero-order valence-corrected chi connectivity index (χ0v) is 16.1. The molecule has 0 bridgehead atoms. The van der Waals surface area contributed by atoms with Crippen LogP contribution >= 0.6 is 0 Å². The molecule has 4 heteroatoms. The van der Waals surface area contributed by atoms with Crippen molar-refractivity contribution < 1.29 is 9.53 Å². The average Bonchev–Trinajstić information content (AvgIpc) is 2.75. The van der Waals surface area contributed by atoms with E-state index in [1.807, 2.05) is 53.6 Å². The van der Waals surface area contributed by atoms with Crippen molar-refractivity contribution >= 4 is 5.91 Å². The highest BCUT2D eigenvalue weighted by Crippen LogP contribution is 2.32. The molecule has 0 spiro atoms. The van der Waals surface area contributed by atoms with Gasteiger partial charge in [0.15, 0.2) is 0 Å². The first-order chi connectivity index (χ1) is 13.8. The van der Waals surface area contributed by atoms with Gasteiger partial charge in [-0.05, 0) is 36.6 Å². The first-order valence-electron chi connectivity index (χ1n) is 9.85. The lowest BCUT2D eigenvalue weighted by molar-refractivity contribution is 0.0736. The predicted octanol–water partition coefficient (Wildman–Crippen LogP) is 5.34. The number of carbonyl (C=O) groups excluding carboxylic acids is 1. The van der Waals surface area contributed by atoms with E-state index >= 15 is 0 Å². The number of ether oxygens (including phenoxy) is 1. The molecule has 1 aromatic heterocycles. The van der Waals surface area contributed by atoms with Gasteiger partial charge < -0.3 is 9.64 Å². The van der Waals surface area contributed by atoms with Crippen molar-refractivity contribution in [1.29, 1.82) is 0 Å². The molecule has 4 rings (SSSR count). The molecule has 0 unspecified atom stereocenters. The largest absolute Gasteiger partial charge is 0.455 e. The predicted molar refractivity (Wildman–Crippen MR) is 111 cm³/mol. The molecule has 142 valence electrons. The van der Waals surface area contributed by atoms with Crippen molar-refractivity contribution in [3.8, 4) is 22.6 Å². The third-order valence-electron chi connectivity index (χ3n) is 5.11. The number of hydrogen-bond donors (Lipinski definition) is 0. The molecule has 0 saturated carbocycles. The number of unbranched alkanes of at least 4 members (excludes halogenated alkanes) is 1. The van der Waals surface area contributed by atoms with E-state index in [4.69, 9.17) is 4.74 Å². The Morgan fingerprint density at radius 3 is 2.71 bits per heavy atom. The Hall–Kier alpha value is -3.14. The first-order valence-corrected chi connectivity index (χ1v) is 9.85. The van der Waals surface area contributed by atoms with E-state index in [0.717, 1.165) is 60.4 Å². The van der Waals surface area contributed by atoms with Gasteiger partial charge in [-0.3, -0.25) is 9.78 Å². The monoisotopic (exact) mass is 372 g/mol. The molecule has 4 nitrogen and oxygen atoms in total. The van der Waals surface area contributed by atoms with E-state index in [-0.39, 0.29) is 5.91 Å². The highest BCUT2D eigenvalue weighted by Gasteiger charge is 2.26. The molecule has 2 heterocycles. The van der Waals surface area contributed by atoms with Crippen LogP contribution in [0.5, 0.6) is 11.5 Å². The second-order valence-corrected chi connectivity index (χ2v) is 7.06. The van der Waals surface area contributed by atoms with Crippen molar-refractivity contribution in [2.24, 2.45) is 0 Å². The lowest BCUT2D eigenvalue weighted by Crippen LogP contribution is -2.38. The minimum Gasteiger partial charge on any atom is -0.455 e. The summed E-state index contributed by atoms with van der Waals surface area (Å²) in [6, 6.07) is 17.8. The lowest BCUT2D eigenvalue weighted by Gasteiger charge is -2.29. The second-order valence-electron chi connectivity index (χ2n) is 7.06. The van der Waals surface area contributed by atoms with Crippen LogP contribution in [0.2, 0.25) is 0 Å². The normalized spacial score (nSPS) is 13.3. The summed E-state index contributed by atoms with van der Waals surface area (Å²) in [5.74, 6) is 1.53. The lowest BCUT2D eigenvalue weighted by atomic mass is 9.97. The molecule has 0 atom stereocenters. The summed E-state index contributed by atoms with van der Waals surface area (Å²) >= 11 is 0. The molecule has 0 aliphatic carbocycles. The van der Waals surface area contributed by atoms with E-state index in [2.05, 4.69) is 24.0 Å². The number of benzene rings is 2. The number of pyridine rings is 1. The molecule has 0 fully saturated rings. The molecule has 0 saturated heterocycles. The van der Waals surface area contributed by atoms with Crippen LogP contribution < -0.4 is 4.74 Å². The fourth-order valence-corrected chi connectivity index (χ4v) is 3.59. The SMILES string of the molecule is CCCCN1CCc2c(Oc3cncc(-c4ccccc4)c3)cccc2C1=O. The van der Waals surface area contributed by atoms with Gasteiger partial charge in [-0.2, -0.15) is 0 Å². The van der Waals surface area contributed by atoms with Gasteiger partial charge in [0, 0.05) is 36.0 Å². The minimum atomic E-state index is 0.108. The molecular formula is C24H24N2O2. The van der Waals surface area contributed by atoms with Gasteiger partial charge in [0.05, 0.1) is 6.20 Å². The van der Waals surface area contributed by atoms with E-state index in [9.17, 15) is 4.79 Å². The number of aromatic nitrogens is 1.